The summed E-state index contributed by atoms with van der Waals surface area (Å²) in [4.78, 5) is 0. The predicted octanol–water partition coefficient (Wildman–Crippen LogP) is 2.07. The molecule has 0 bridgehead atoms. The number of rotatable bonds is 3. The molecule has 13 heavy (non-hydrogen) atoms. The average molecular weight is 182 g/mol. The van der Waals surface area contributed by atoms with Gasteiger partial charge in [-0.15, -0.1) is 0 Å². The second-order valence-electron chi connectivity index (χ2n) is 5.01. The van der Waals surface area contributed by atoms with Gasteiger partial charge in [0.05, 0.1) is 12.6 Å². The molecule has 0 aromatic carbocycles. The first kappa shape index (κ1) is 9.51. The highest BCUT2D eigenvalue weighted by molar-refractivity contribution is 4.68. The molecule has 1 saturated heterocycles. The van der Waals surface area contributed by atoms with E-state index in [0.717, 1.165) is 12.0 Å². The number of quaternary nitrogens is 1. The van der Waals surface area contributed by atoms with Gasteiger partial charge in [0.25, 0.3) is 0 Å². The Morgan fingerprint density at radius 1 is 0.846 bits per heavy atom. The van der Waals surface area contributed by atoms with Crippen LogP contribution in [-0.2, 0) is 0 Å². The monoisotopic (exact) mass is 182 g/mol. The Morgan fingerprint density at radius 2 is 1.69 bits per heavy atom. The van der Waals surface area contributed by atoms with Crippen LogP contribution in [-0.4, -0.2) is 12.6 Å². The van der Waals surface area contributed by atoms with Gasteiger partial charge in [-0.05, 0) is 18.8 Å². The minimum absolute atomic E-state index is 1.00. The molecule has 1 heteroatoms. The van der Waals surface area contributed by atoms with E-state index in [0.29, 0.717) is 0 Å². The highest BCUT2D eigenvalue weighted by Crippen LogP contribution is 2.27. The van der Waals surface area contributed by atoms with E-state index in [-0.39, 0.29) is 0 Å². The van der Waals surface area contributed by atoms with Crippen molar-refractivity contribution in [2.45, 2.75) is 63.8 Å². The Kier molecular flexibility index (Phi) is 3.65. The smallest absolute Gasteiger partial charge is 0.0861 e. The van der Waals surface area contributed by atoms with Gasteiger partial charge in [0.2, 0.25) is 0 Å². The molecule has 0 aromatic rings. The zero-order chi connectivity index (χ0) is 8.93. The molecule has 1 nitrogen and oxygen atoms in total. The molecule has 1 aliphatic carbocycles. The first-order chi connectivity index (χ1) is 6.45. The number of nitrogens with two attached hydrogens (primary N) is 1. The lowest BCUT2D eigenvalue weighted by molar-refractivity contribution is -0.670. The van der Waals surface area contributed by atoms with E-state index in [1.165, 1.54) is 64.3 Å². The maximum atomic E-state index is 2.57. The molecular formula is C12H24N+. The molecule has 2 rings (SSSR count). The van der Waals surface area contributed by atoms with Crippen LogP contribution >= 0.6 is 0 Å². The third-order valence-electron chi connectivity index (χ3n) is 3.95. The zero-order valence-corrected chi connectivity index (χ0v) is 8.80. The van der Waals surface area contributed by atoms with Crippen LogP contribution in [0, 0.1) is 5.92 Å². The van der Waals surface area contributed by atoms with Crippen molar-refractivity contribution >= 4 is 0 Å². The van der Waals surface area contributed by atoms with E-state index in [2.05, 4.69) is 5.32 Å². The van der Waals surface area contributed by atoms with E-state index >= 15 is 0 Å². The Bertz CT molecular complexity index is 132. The highest BCUT2D eigenvalue weighted by Gasteiger charge is 2.20. The van der Waals surface area contributed by atoms with Gasteiger partial charge in [0, 0.05) is 12.8 Å². The third-order valence-corrected chi connectivity index (χ3v) is 3.95. The summed E-state index contributed by atoms with van der Waals surface area (Å²) in [5.74, 6) is 1.10. The number of hydrogen-bond donors (Lipinski definition) is 1. The molecule has 1 saturated carbocycles. The van der Waals surface area contributed by atoms with Crippen LogP contribution in [0.3, 0.4) is 0 Å². The van der Waals surface area contributed by atoms with Crippen LogP contribution in [0.2, 0.25) is 0 Å². The lowest BCUT2D eigenvalue weighted by atomic mass is 9.85. The Morgan fingerprint density at radius 3 is 2.38 bits per heavy atom. The van der Waals surface area contributed by atoms with Gasteiger partial charge in [-0.1, -0.05) is 32.1 Å². The Balaban J connectivity index is 1.60. The largest absolute Gasteiger partial charge is 0.344 e. The fraction of sp³-hybridized carbons (Fsp3) is 1.00. The second kappa shape index (κ2) is 4.99. The quantitative estimate of drug-likeness (QED) is 0.688. The molecule has 0 radical (unpaired) electrons. The van der Waals surface area contributed by atoms with E-state index in [1.54, 1.807) is 0 Å². The molecule has 1 heterocycles. The predicted molar refractivity (Wildman–Crippen MR) is 55.6 cm³/mol. The van der Waals surface area contributed by atoms with Gasteiger partial charge in [0.1, 0.15) is 0 Å². The molecule has 0 amide bonds. The normalized spacial score (nSPS) is 30.9. The van der Waals surface area contributed by atoms with Gasteiger partial charge in [-0.3, -0.25) is 0 Å². The zero-order valence-electron chi connectivity index (χ0n) is 8.80. The van der Waals surface area contributed by atoms with Crippen molar-refractivity contribution in [3.63, 3.8) is 0 Å². The standard InChI is InChI=1S/C12H23N/c1-2-5-11(6-3-1)8-9-12-7-4-10-13-12/h11-13H,1-10H2/p+1/t12-/m0/s1. The third kappa shape index (κ3) is 2.98. The Labute approximate surface area is 82.3 Å². The lowest BCUT2D eigenvalue weighted by Crippen LogP contribution is -2.86. The summed E-state index contributed by atoms with van der Waals surface area (Å²) in [6.07, 6.45) is 13.6. The van der Waals surface area contributed by atoms with E-state index in [1.807, 2.05) is 0 Å². The highest BCUT2D eigenvalue weighted by atomic mass is 14.9. The van der Waals surface area contributed by atoms with Crippen molar-refractivity contribution < 1.29 is 5.32 Å². The van der Waals surface area contributed by atoms with Gasteiger partial charge in [-0.25, -0.2) is 0 Å². The summed E-state index contributed by atoms with van der Waals surface area (Å²) in [5, 5.41) is 2.57. The summed E-state index contributed by atoms with van der Waals surface area (Å²) in [6, 6.07) is 1.00. The van der Waals surface area contributed by atoms with Crippen LogP contribution < -0.4 is 5.32 Å². The summed E-state index contributed by atoms with van der Waals surface area (Å²) in [7, 11) is 0. The van der Waals surface area contributed by atoms with Crippen LogP contribution in [0.15, 0.2) is 0 Å². The molecule has 2 aliphatic rings. The first-order valence-corrected chi connectivity index (χ1v) is 6.28. The van der Waals surface area contributed by atoms with Crippen LogP contribution in [0.5, 0.6) is 0 Å². The molecule has 2 N–H and O–H groups in total. The lowest BCUT2D eigenvalue weighted by Gasteiger charge is -2.22. The van der Waals surface area contributed by atoms with Gasteiger partial charge < -0.3 is 5.32 Å². The topological polar surface area (TPSA) is 16.6 Å². The van der Waals surface area contributed by atoms with Gasteiger partial charge in [0.15, 0.2) is 0 Å². The fourth-order valence-corrected chi connectivity index (χ4v) is 3.04. The number of hydrogen-bond acceptors (Lipinski definition) is 0. The van der Waals surface area contributed by atoms with Crippen molar-refractivity contribution in [3.05, 3.63) is 0 Å². The summed E-state index contributed by atoms with van der Waals surface area (Å²) in [6.45, 7) is 1.40. The maximum absolute atomic E-state index is 2.57. The fourth-order valence-electron chi connectivity index (χ4n) is 3.04. The minimum atomic E-state index is 1.00. The van der Waals surface area contributed by atoms with Crippen molar-refractivity contribution in [1.82, 2.24) is 0 Å². The first-order valence-electron chi connectivity index (χ1n) is 6.28. The SMILES string of the molecule is C1CCC(CC[C@@H]2CCC[NH2+]2)CC1. The molecule has 0 unspecified atom stereocenters. The molecule has 76 valence electrons. The minimum Gasteiger partial charge on any atom is -0.344 e. The van der Waals surface area contributed by atoms with E-state index in [9.17, 15) is 0 Å². The summed E-state index contributed by atoms with van der Waals surface area (Å²) in [5.41, 5.74) is 0. The van der Waals surface area contributed by atoms with Gasteiger partial charge in [-0.2, -0.15) is 0 Å². The summed E-state index contributed by atoms with van der Waals surface area (Å²) < 4.78 is 0. The van der Waals surface area contributed by atoms with Crippen molar-refractivity contribution in [2.24, 2.45) is 5.92 Å². The van der Waals surface area contributed by atoms with Crippen molar-refractivity contribution in [2.75, 3.05) is 6.54 Å². The van der Waals surface area contributed by atoms with E-state index in [4.69, 9.17) is 0 Å². The van der Waals surface area contributed by atoms with Crippen LogP contribution in [0.4, 0.5) is 0 Å². The molecule has 0 spiro atoms. The van der Waals surface area contributed by atoms with Crippen molar-refractivity contribution in [3.8, 4) is 0 Å². The van der Waals surface area contributed by atoms with E-state index < -0.39 is 0 Å². The van der Waals surface area contributed by atoms with Crippen LogP contribution in [0.25, 0.3) is 0 Å². The molecule has 2 fully saturated rings. The molecule has 1 aliphatic heterocycles. The summed E-state index contributed by atoms with van der Waals surface area (Å²) >= 11 is 0. The molecule has 0 aromatic heterocycles. The second-order valence-corrected chi connectivity index (χ2v) is 5.01. The maximum Gasteiger partial charge on any atom is 0.0861 e. The van der Waals surface area contributed by atoms with Gasteiger partial charge >= 0.3 is 0 Å². The van der Waals surface area contributed by atoms with Crippen molar-refractivity contribution in [1.29, 1.82) is 0 Å². The van der Waals surface area contributed by atoms with Crippen LogP contribution in [0.1, 0.15) is 57.8 Å². The molecule has 1 atom stereocenters. The Hall–Kier alpha value is -0.0400. The molecular weight excluding hydrogens is 158 g/mol. The average Bonchev–Trinajstić information content (AvgIpc) is 2.69.